The molecule has 0 bridgehead atoms. The number of hydrogen-bond donors (Lipinski definition) is 2. The normalized spacial score (nSPS) is 25.6. The molecule has 0 saturated heterocycles. The highest BCUT2D eigenvalue weighted by molar-refractivity contribution is 7.47. The molecule has 38 heavy (non-hydrogen) atoms. The summed E-state index contributed by atoms with van der Waals surface area (Å²) in [6.45, 7) is 3.59. The van der Waals surface area contributed by atoms with E-state index in [4.69, 9.17) is 31.1 Å². The first-order valence-electron chi connectivity index (χ1n) is 12.3. The fraction of sp³-hybridized carbons (Fsp3) is 0.385. The summed E-state index contributed by atoms with van der Waals surface area (Å²) in [6.07, 6.45) is 16.9. The quantitative estimate of drug-likeness (QED) is 0.220. The third kappa shape index (κ3) is 7.36. The first-order chi connectivity index (χ1) is 18.2. The van der Waals surface area contributed by atoms with Gasteiger partial charge in [-0.05, 0) is 63.1 Å². The third-order valence-corrected chi connectivity index (χ3v) is 7.45. The van der Waals surface area contributed by atoms with Crippen LogP contribution in [-0.2, 0) is 20.2 Å². The summed E-state index contributed by atoms with van der Waals surface area (Å²) in [5.41, 5.74) is 8.33. The highest BCUT2D eigenvalue weighted by Gasteiger charge is 2.38. The molecule has 0 spiro atoms. The molecule has 3 heterocycles. The zero-order valence-corrected chi connectivity index (χ0v) is 22.9. The SMILES string of the molecule is C\C=C/C(=C\C=C\[C@H]1CC[C@H](OP(=O)(O)OCc2ccncc2)CC1)C1=Nc2c(N)ncnc2OC1(C)Cl. The minimum Gasteiger partial charge on any atom is -0.448 e. The second-order valence-electron chi connectivity index (χ2n) is 9.14. The smallest absolute Gasteiger partial charge is 0.448 e. The molecule has 2 aromatic rings. The van der Waals surface area contributed by atoms with E-state index in [1.165, 1.54) is 6.33 Å². The second-order valence-corrected chi connectivity index (χ2v) is 11.3. The summed E-state index contributed by atoms with van der Waals surface area (Å²) >= 11 is 6.68. The van der Waals surface area contributed by atoms with Gasteiger partial charge in [-0.15, -0.1) is 0 Å². The highest BCUT2D eigenvalue weighted by Crippen LogP contribution is 2.48. The van der Waals surface area contributed by atoms with Gasteiger partial charge in [-0.3, -0.25) is 14.0 Å². The summed E-state index contributed by atoms with van der Waals surface area (Å²) < 4.78 is 28.8. The van der Waals surface area contributed by atoms with Crippen LogP contribution in [0.4, 0.5) is 11.5 Å². The van der Waals surface area contributed by atoms with E-state index in [-0.39, 0.29) is 24.4 Å². The Kier molecular flexibility index (Phi) is 9.12. The molecule has 1 saturated carbocycles. The summed E-state index contributed by atoms with van der Waals surface area (Å²) in [6, 6.07) is 3.44. The fourth-order valence-corrected chi connectivity index (χ4v) is 5.45. The summed E-state index contributed by atoms with van der Waals surface area (Å²) in [4.78, 5) is 26.7. The number of fused-ring (bicyclic) bond motifs is 1. The Balaban J connectivity index is 1.36. The van der Waals surface area contributed by atoms with Gasteiger partial charge in [-0.2, -0.15) is 4.98 Å². The molecule has 0 aromatic carbocycles. The van der Waals surface area contributed by atoms with Crippen LogP contribution in [0.25, 0.3) is 0 Å². The Hall–Kier alpha value is -2.88. The van der Waals surface area contributed by atoms with Crippen molar-refractivity contribution in [3.05, 3.63) is 72.4 Å². The van der Waals surface area contributed by atoms with Crippen molar-refractivity contribution in [1.29, 1.82) is 0 Å². The molecule has 1 aliphatic carbocycles. The van der Waals surface area contributed by atoms with Crippen LogP contribution < -0.4 is 10.5 Å². The average molecular weight is 560 g/mol. The molecule has 12 heteroatoms. The zero-order chi connectivity index (χ0) is 27.2. The largest absolute Gasteiger partial charge is 0.472 e. The monoisotopic (exact) mass is 559 g/mol. The van der Waals surface area contributed by atoms with Crippen LogP contribution in [-0.4, -0.2) is 36.7 Å². The van der Waals surface area contributed by atoms with Crippen LogP contribution in [0.1, 0.15) is 45.1 Å². The van der Waals surface area contributed by atoms with E-state index in [9.17, 15) is 9.46 Å². The van der Waals surface area contributed by atoms with Crippen LogP contribution in [0.2, 0.25) is 0 Å². The highest BCUT2D eigenvalue weighted by atomic mass is 35.5. The number of alkyl halides is 1. The number of ether oxygens (including phenoxy) is 1. The maximum absolute atomic E-state index is 12.4. The minimum absolute atomic E-state index is 0.0157. The maximum Gasteiger partial charge on any atom is 0.472 e. The number of aliphatic imine (C=N–C) groups is 1. The van der Waals surface area contributed by atoms with E-state index in [0.717, 1.165) is 24.0 Å². The number of nitrogen functional groups attached to an aromatic ring is 1. The molecule has 1 aliphatic heterocycles. The lowest BCUT2D eigenvalue weighted by molar-refractivity contribution is 0.0732. The molecule has 1 fully saturated rings. The predicted octanol–water partition coefficient (Wildman–Crippen LogP) is 5.83. The molecular weight excluding hydrogens is 529 g/mol. The lowest BCUT2D eigenvalue weighted by atomic mass is 9.87. The number of phosphoric ester groups is 1. The molecule has 0 radical (unpaired) electrons. The van der Waals surface area contributed by atoms with Gasteiger partial charge in [0, 0.05) is 18.0 Å². The first-order valence-corrected chi connectivity index (χ1v) is 14.2. The van der Waals surface area contributed by atoms with Gasteiger partial charge in [0.15, 0.2) is 11.5 Å². The number of pyridine rings is 1. The summed E-state index contributed by atoms with van der Waals surface area (Å²) in [5.74, 6) is 0.748. The Morgan fingerprint density at radius 2 is 2.03 bits per heavy atom. The molecule has 4 rings (SSSR count). The average Bonchev–Trinajstić information content (AvgIpc) is 2.88. The van der Waals surface area contributed by atoms with Crippen molar-refractivity contribution >= 4 is 36.6 Å². The molecule has 3 N–H and O–H groups in total. The van der Waals surface area contributed by atoms with Crippen molar-refractivity contribution in [2.45, 2.75) is 57.3 Å². The number of rotatable bonds is 9. The summed E-state index contributed by atoms with van der Waals surface area (Å²) in [5, 5.41) is -1.24. The van der Waals surface area contributed by atoms with Crippen LogP contribution in [0.15, 0.2) is 71.8 Å². The fourth-order valence-electron chi connectivity index (χ4n) is 4.27. The molecule has 10 nitrogen and oxygen atoms in total. The van der Waals surface area contributed by atoms with E-state index in [1.807, 2.05) is 31.2 Å². The van der Waals surface area contributed by atoms with Crippen molar-refractivity contribution in [3.63, 3.8) is 0 Å². The number of hydrogen-bond acceptors (Lipinski definition) is 9. The van der Waals surface area contributed by atoms with Crippen LogP contribution in [0.3, 0.4) is 0 Å². The first kappa shape index (κ1) is 28.1. The topological polar surface area (TPSA) is 142 Å². The second kappa shape index (κ2) is 12.3. The van der Waals surface area contributed by atoms with E-state index in [0.29, 0.717) is 30.2 Å². The van der Waals surface area contributed by atoms with E-state index in [2.05, 4.69) is 26.0 Å². The molecule has 2 aliphatic rings. The van der Waals surface area contributed by atoms with Crippen LogP contribution in [0.5, 0.6) is 5.88 Å². The number of anilines is 1. The van der Waals surface area contributed by atoms with Gasteiger partial charge >= 0.3 is 7.82 Å². The van der Waals surface area contributed by atoms with E-state index in [1.54, 1.807) is 31.5 Å². The zero-order valence-electron chi connectivity index (χ0n) is 21.2. The lowest BCUT2D eigenvalue weighted by Crippen LogP contribution is -2.38. The van der Waals surface area contributed by atoms with Gasteiger partial charge in [-0.25, -0.2) is 14.5 Å². The Morgan fingerprint density at radius 1 is 1.29 bits per heavy atom. The molecule has 2 atom stereocenters. The number of nitrogens with two attached hydrogens (primary N) is 1. The molecular formula is C26H31ClN5O5P. The molecule has 202 valence electrons. The molecule has 0 amide bonds. The number of allylic oxidation sites excluding steroid dienone is 5. The van der Waals surface area contributed by atoms with Gasteiger partial charge in [-0.1, -0.05) is 42.0 Å². The number of halogens is 1. The minimum atomic E-state index is -4.15. The van der Waals surface area contributed by atoms with Crippen molar-refractivity contribution in [2.75, 3.05) is 5.73 Å². The molecule has 2 unspecified atom stereocenters. The molecule has 2 aromatic heterocycles. The Bertz CT molecular complexity index is 1290. The van der Waals surface area contributed by atoms with Crippen LogP contribution in [0, 0.1) is 5.92 Å². The summed E-state index contributed by atoms with van der Waals surface area (Å²) in [7, 11) is -4.15. The number of phosphoric acid groups is 1. The predicted molar refractivity (Wildman–Crippen MR) is 146 cm³/mol. The van der Waals surface area contributed by atoms with Crippen molar-refractivity contribution in [2.24, 2.45) is 10.9 Å². The van der Waals surface area contributed by atoms with Gasteiger partial charge in [0.2, 0.25) is 10.9 Å². The Labute approximate surface area is 226 Å². The van der Waals surface area contributed by atoms with E-state index >= 15 is 0 Å². The van der Waals surface area contributed by atoms with Crippen molar-refractivity contribution < 1.29 is 23.2 Å². The van der Waals surface area contributed by atoms with Crippen molar-refractivity contribution in [3.8, 4) is 5.88 Å². The maximum atomic E-state index is 12.4. The standard InChI is InChI=1S/C26H31ClN5O5P/c1-3-5-20(23-26(2,27)36-25-22(32-23)24(28)30-17-31-25)7-4-6-18-8-10-21(11-9-18)37-38(33,34)35-16-19-12-14-29-15-13-19/h3-7,12-15,17-18,21H,8-11,16H2,1-2H3,(H,33,34)(H2,28,30,31)/b5-3-,6-4+,20-7+/t18-,21-,26?. The van der Waals surface area contributed by atoms with Crippen LogP contribution >= 0.6 is 19.4 Å². The van der Waals surface area contributed by atoms with Gasteiger partial charge in [0.05, 0.1) is 12.7 Å². The lowest BCUT2D eigenvalue weighted by Gasteiger charge is -2.30. The van der Waals surface area contributed by atoms with Crippen molar-refractivity contribution in [1.82, 2.24) is 15.0 Å². The number of aromatic nitrogens is 3. The third-order valence-electron chi connectivity index (χ3n) is 6.18. The van der Waals surface area contributed by atoms with Gasteiger partial charge in [0.1, 0.15) is 12.0 Å². The van der Waals surface area contributed by atoms with Gasteiger partial charge < -0.3 is 15.4 Å². The number of nitrogens with zero attached hydrogens (tertiary/aromatic N) is 4. The Morgan fingerprint density at radius 3 is 2.74 bits per heavy atom. The van der Waals surface area contributed by atoms with Gasteiger partial charge in [0.25, 0.3) is 0 Å². The van der Waals surface area contributed by atoms with E-state index < -0.39 is 12.9 Å².